The number of pyridine rings is 1. The number of hydrogen-bond acceptors (Lipinski definition) is 5. The van der Waals surface area contributed by atoms with Gasteiger partial charge in [-0.05, 0) is 36.4 Å². The molecule has 0 bridgehead atoms. The van der Waals surface area contributed by atoms with Crippen LogP contribution in [0.3, 0.4) is 0 Å². The van der Waals surface area contributed by atoms with E-state index in [2.05, 4.69) is 10.1 Å². The summed E-state index contributed by atoms with van der Waals surface area (Å²) in [4.78, 5) is 4.00. The molecular weight excluding hydrogens is 400 g/mol. The average molecular weight is 414 g/mol. The van der Waals surface area contributed by atoms with Gasteiger partial charge in [-0.1, -0.05) is 22.8 Å². The van der Waals surface area contributed by atoms with Gasteiger partial charge in [-0.3, -0.25) is 4.98 Å². The molecule has 8 heteroatoms. The Morgan fingerprint density at radius 1 is 1.07 bits per heavy atom. The maximum Gasteiger partial charge on any atom is 0.175 e. The molecule has 2 heterocycles. The van der Waals surface area contributed by atoms with Gasteiger partial charge in [-0.2, -0.15) is 0 Å². The molecule has 1 unspecified atom stereocenters. The van der Waals surface area contributed by atoms with Gasteiger partial charge in [-0.15, -0.1) is 0 Å². The summed E-state index contributed by atoms with van der Waals surface area (Å²) in [5, 5.41) is 15.4. The number of anilines is 1. The highest BCUT2D eigenvalue weighted by molar-refractivity contribution is 6.31. The normalized spacial score (nSPS) is 12.1. The Morgan fingerprint density at radius 3 is 2.55 bits per heavy atom. The van der Waals surface area contributed by atoms with Crippen molar-refractivity contribution in [2.75, 3.05) is 5.73 Å². The van der Waals surface area contributed by atoms with Crippen molar-refractivity contribution >= 4 is 17.3 Å². The number of hydrogen-bond donors (Lipinski definition) is 2. The van der Waals surface area contributed by atoms with Gasteiger partial charge in [0.05, 0.1) is 5.56 Å². The van der Waals surface area contributed by atoms with E-state index in [4.69, 9.17) is 21.9 Å². The van der Waals surface area contributed by atoms with Crippen molar-refractivity contribution in [3.63, 3.8) is 0 Å². The minimum atomic E-state index is -1.25. The number of rotatable bonds is 4. The summed E-state index contributed by atoms with van der Waals surface area (Å²) in [6, 6.07) is 11.1. The molecule has 0 amide bonds. The molecule has 5 nitrogen and oxygen atoms in total. The molecule has 0 spiro atoms. The Balaban J connectivity index is 1.96. The molecule has 2 aromatic heterocycles. The van der Waals surface area contributed by atoms with Crippen LogP contribution in [0.5, 0.6) is 0 Å². The minimum Gasteiger partial charge on any atom is -0.398 e. The second-order valence-electron chi connectivity index (χ2n) is 6.32. The van der Waals surface area contributed by atoms with Gasteiger partial charge < -0.3 is 15.4 Å². The highest BCUT2D eigenvalue weighted by atomic mass is 35.5. The molecule has 0 fully saturated rings. The molecular formula is C21H14ClF2N3O2. The van der Waals surface area contributed by atoms with Crippen LogP contribution in [0, 0.1) is 11.6 Å². The van der Waals surface area contributed by atoms with E-state index in [1.165, 1.54) is 18.3 Å². The summed E-state index contributed by atoms with van der Waals surface area (Å²) in [7, 11) is 0. The lowest BCUT2D eigenvalue weighted by atomic mass is 9.94. The van der Waals surface area contributed by atoms with Gasteiger partial charge in [0.25, 0.3) is 0 Å². The Labute approximate surface area is 169 Å². The van der Waals surface area contributed by atoms with Crippen molar-refractivity contribution in [1.82, 2.24) is 10.1 Å². The van der Waals surface area contributed by atoms with E-state index in [9.17, 15) is 13.9 Å². The number of halogens is 3. The first-order chi connectivity index (χ1) is 14.0. The van der Waals surface area contributed by atoms with Gasteiger partial charge >= 0.3 is 0 Å². The third kappa shape index (κ3) is 3.57. The number of aliphatic hydroxyl groups is 1. The lowest BCUT2D eigenvalue weighted by molar-refractivity contribution is 0.220. The zero-order valence-corrected chi connectivity index (χ0v) is 15.6. The minimum absolute atomic E-state index is 0.0214. The SMILES string of the molecule is Nc1cc(Cl)ccc1-c1onc(-c2ccc(F)cc2F)c1C(O)c1cccnc1. The largest absolute Gasteiger partial charge is 0.398 e. The zero-order valence-electron chi connectivity index (χ0n) is 14.8. The lowest BCUT2D eigenvalue weighted by Crippen LogP contribution is -2.04. The van der Waals surface area contributed by atoms with Crippen LogP contribution in [0.4, 0.5) is 14.5 Å². The van der Waals surface area contributed by atoms with Gasteiger partial charge in [-0.25, -0.2) is 8.78 Å². The van der Waals surface area contributed by atoms with Crippen molar-refractivity contribution in [1.29, 1.82) is 0 Å². The van der Waals surface area contributed by atoms with E-state index in [-0.39, 0.29) is 22.6 Å². The third-order valence-corrected chi connectivity index (χ3v) is 4.68. The molecule has 1 atom stereocenters. The van der Waals surface area contributed by atoms with Crippen LogP contribution in [0.25, 0.3) is 22.6 Å². The zero-order chi connectivity index (χ0) is 20.5. The van der Waals surface area contributed by atoms with Gasteiger partial charge in [0, 0.05) is 45.9 Å². The number of nitrogen functional groups attached to an aromatic ring is 1. The topological polar surface area (TPSA) is 85.2 Å². The quantitative estimate of drug-likeness (QED) is 0.460. The van der Waals surface area contributed by atoms with Crippen molar-refractivity contribution in [3.05, 3.63) is 88.7 Å². The maximum atomic E-state index is 14.5. The molecule has 0 aliphatic heterocycles. The summed E-state index contributed by atoms with van der Waals surface area (Å²) < 4.78 is 33.3. The van der Waals surface area contributed by atoms with Gasteiger partial charge in [0.15, 0.2) is 5.76 Å². The Morgan fingerprint density at radius 2 is 1.86 bits per heavy atom. The highest BCUT2D eigenvalue weighted by Crippen LogP contribution is 2.41. The number of aromatic nitrogens is 2. The third-order valence-electron chi connectivity index (χ3n) is 4.45. The van der Waals surface area contributed by atoms with Crippen LogP contribution >= 0.6 is 11.6 Å². The first kappa shape index (κ1) is 19.0. The van der Waals surface area contributed by atoms with E-state index < -0.39 is 17.7 Å². The predicted molar refractivity (Wildman–Crippen MR) is 105 cm³/mol. The molecule has 4 rings (SSSR count). The predicted octanol–water partition coefficient (Wildman–Crippen LogP) is 5.00. The van der Waals surface area contributed by atoms with Crippen LogP contribution in [-0.4, -0.2) is 15.2 Å². The van der Waals surface area contributed by atoms with Crippen molar-refractivity contribution < 1.29 is 18.4 Å². The molecule has 2 aromatic carbocycles. The Bertz CT molecular complexity index is 1110. The fraction of sp³-hybridized carbons (Fsp3) is 0.0476. The van der Waals surface area contributed by atoms with Crippen LogP contribution in [0.1, 0.15) is 17.2 Å². The summed E-state index contributed by atoms with van der Waals surface area (Å²) in [6.45, 7) is 0. The molecule has 0 radical (unpaired) electrons. The van der Waals surface area contributed by atoms with Crippen molar-refractivity contribution in [2.45, 2.75) is 6.10 Å². The maximum absolute atomic E-state index is 14.5. The van der Waals surface area contributed by atoms with Crippen molar-refractivity contribution in [3.8, 4) is 22.6 Å². The summed E-state index contributed by atoms with van der Waals surface area (Å²) in [6.07, 6.45) is 1.78. The summed E-state index contributed by atoms with van der Waals surface area (Å²) >= 11 is 5.97. The first-order valence-electron chi connectivity index (χ1n) is 8.54. The molecule has 0 saturated heterocycles. The standard InChI is InChI=1S/C21H14ClF2N3O2/c22-12-3-5-15(17(25)8-12)21-18(20(28)11-2-1-7-26-10-11)19(27-29-21)14-6-4-13(23)9-16(14)24/h1-10,20,28H,25H2. The number of nitrogens with zero attached hydrogens (tertiary/aromatic N) is 2. The smallest absolute Gasteiger partial charge is 0.175 e. The van der Waals surface area contributed by atoms with E-state index >= 15 is 0 Å². The van der Waals surface area contributed by atoms with Crippen LogP contribution in [-0.2, 0) is 0 Å². The average Bonchev–Trinajstić information content (AvgIpc) is 3.12. The van der Waals surface area contributed by atoms with Crippen LogP contribution in [0.2, 0.25) is 5.02 Å². The molecule has 29 heavy (non-hydrogen) atoms. The Kier molecular flexibility index (Phi) is 5.00. The highest BCUT2D eigenvalue weighted by Gasteiger charge is 2.29. The molecule has 0 saturated carbocycles. The molecule has 0 aliphatic carbocycles. The second kappa shape index (κ2) is 7.62. The number of aliphatic hydroxyl groups excluding tert-OH is 1. The van der Waals surface area contributed by atoms with Crippen LogP contribution < -0.4 is 5.73 Å². The molecule has 4 aromatic rings. The summed E-state index contributed by atoms with van der Waals surface area (Å²) in [5.41, 5.74) is 7.41. The lowest BCUT2D eigenvalue weighted by Gasteiger charge is -2.13. The number of nitrogens with two attached hydrogens (primary N) is 1. The Hall–Kier alpha value is -3.29. The van der Waals surface area contributed by atoms with E-state index in [0.29, 0.717) is 21.8 Å². The van der Waals surface area contributed by atoms with Gasteiger partial charge in [0.2, 0.25) is 0 Å². The van der Waals surface area contributed by atoms with E-state index in [0.717, 1.165) is 12.1 Å². The summed E-state index contributed by atoms with van der Waals surface area (Å²) in [5.74, 6) is -1.42. The van der Waals surface area contributed by atoms with Crippen molar-refractivity contribution in [2.24, 2.45) is 0 Å². The van der Waals surface area contributed by atoms with E-state index in [1.54, 1.807) is 30.5 Å². The van der Waals surface area contributed by atoms with Gasteiger partial charge in [0.1, 0.15) is 23.4 Å². The van der Waals surface area contributed by atoms with Crippen LogP contribution in [0.15, 0.2) is 65.4 Å². The fourth-order valence-corrected chi connectivity index (χ4v) is 3.25. The molecule has 0 aliphatic rings. The molecule has 3 N–H and O–H groups in total. The first-order valence-corrected chi connectivity index (χ1v) is 8.92. The monoisotopic (exact) mass is 413 g/mol. The van der Waals surface area contributed by atoms with E-state index in [1.807, 2.05) is 0 Å². The number of benzene rings is 2. The molecule has 146 valence electrons. The fourth-order valence-electron chi connectivity index (χ4n) is 3.07. The second-order valence-corrected chi connectivity index (χ2v) is 6.76.